The standard InChI is InChI=1S/C7H10F2N2S/c1-5-6(12-4-11-5)2-10-3-7(8)9/h4,7,10H,2-3H2,1H3. The number of hydrogen-bond donors (Lipinski definition) is 1. The summed E-state index contributed by atoms with van der Waals surface area (Å²) in [5.41, 5.74) is 2.64. The van der Waals surface area contributed by atoms with Crippen molar-refractivity contribution in [2.24, 2.45) is 0 Å². The first kappa shape index (κ1) is 9.54. The van der Waals surface area contributed by atoms with Gasteiger partial charge in [0.25, 0.3) is 6.43 Å². The molecule has 1 heterocycles. The van der Waals surface area contributed by atoms with Crippen LogP contribution in [0.3, 0.4) is 0 Å². The Morgan fingerprint density at radius 3 is 2.92 bits per heavy atom. The van der Waals surface area contributed by atoms with Crippen molar-refractivity contribution in [3.8, 4) is 0 Å². The molecule has 0 aliphatic carbocycles. The molecule has 0 radical (unpaired) electrons. The van der Waals surface area contributed by atoms with Crippen LogP contribution in [0.4, 0.5) is 8.78 Å². The summed E-state index contributed by atoms with van der Waals surface area (Å²) >= 11 is 1.48. The van der Waals surface area contributed by atoms with Crippen LogP contribution in [0.1, 0.15) is 10.6 Å². The first-order valence-corrected chi connectivity index (χ1v) is 4.46. The topological polar surface area (TPSA) is 24.9 Å². The number of aryl methyl sites for hydroxylation is 1. The van der Waals surface area contributed by atoms with Crippen molar-refractivity contribution in [2.75, 3.05) is 6.54 Å². The largest absolute Gasteiger partial charge is 0.306 e. The van der Waals surface area contributed by atoms with E-state index < -0.39 is 6.43 Å². The van der Waals surface area contributed by atoms with Crippen molar-refractivity contribution in [3.05, 3.63) is 16.1 Å². The summed E-state index contributed by atoms with van der Waals surface area (Å²) in [6, 6.07) is 0. The molecule has 0 saturated carbocycles. The van der Waals surface area contributed by atoms with Gasteiger partial charge in [-0.05, 0) is 6.92 Å². The Labute approximate surface area is 73.6 Å². The predicted octanol–water partition coefficient (Wildman–Crippen LogP) is 1.81. The van der Waals surface area contributed by atoms with E-state index in [0.29, 0.717) is 6.54 Å². The van der Waals surface area contributed by atoms with Crippen molar-refractivity contribution in [2.45, 2.75) is 19.9 Å². The average molecular weight is 192 g/mol. The Kier molecular flexibility index (Phi) is 3.55. The maximum Gasteiger partial charge on any atom is 0.250 e. The molecule has 0 bridgehead atoms. The number of nitrogens with zero attached hydrogens (tertiary/aromatic N) is 1. The van der Waals surface area contributed by atoms with Crippen molar-refractivity contribution < 1.29 is 8.78 Å². The Morgan fingerprint density at radius 2 is 2.42 bits per heavy atom. The summed E-state index contributed by atoms with van der Waals surface area (Å²) in [7, 11) is 0. The average Bonchev–Trinajstić information content (AvgIpc) is 2.36. The highest BCUT2D eigenvalue weighted by Crippen LogP contribution is 2.11. The van der Waals surface area contributed by atoms with E-state index in [1.54, 1.807) is 5.51 Å². The van der Waals surface area contributed by atoms with Gasteiger partial charge in [-0.2, -0.15) is 0 Å². The van der Waals surface area contributed by atoms with Gasteiger partial charge < -0.3 is 5.32 Å². The number of halogens is 2. The summed E-state index contributed by atoms with van der Waals surface area (Å²) in [6.45, 7) is 2.11. The van der Waals surface area contributed by atoms with Crippen molar-refractivity contribution in [3.63, 3.8) is 0 Å². The molecule has 0 saturated heterocycles. The maximum absolute atomic E-state index is 11.7. The summed E-state index contributed by atoms with van der Waals surface area (Å²) in [6.07, 6.45) is -2.28. The molecule has 12 heavy (non-hydrogen) atoms. The van der Waals surface area contributed by atoms with Gasteiger partial charge in [0.15, 0.2) is 0 Å². The molecule has 2 nitrogen and oxygen atoms in total. The summed E-state index contributed by atoms with van der Waals surface area (Å²) in [5.74, 6) is 0. The Morgan fingerprint density at radius 1 is 1.67 bits per heavy atom. The number of rotatable bonds is 4. The second kappa shape index (κ2) is 4.47. The van der Waals surface area contributed by atoms with Crippen LogP contribution in [0, 0.1) is 6.92 Å². The molecule has 1 aromatic rings. The summed E-state index contributed by atoms with van der Waals surface area (Å²) in [4.78, 5) is 5.03. The minimum atomic E-state index is -2.28. The van der Waals surface area contributed by atoms with Crippen LogP contribution in [0.25, 0.3) is 0 Å². The maximum atomic E-state index is 11.7. The fraction of sp³-hybridized carbons (Fsp3) is 0.571. The van der Waals surface area contributed by atoms with Crippen molar-refractivity contribution >= 4 is 11.3 Å². The van der Waals surface area contributed by atoms with Crippen LogP contribution >= 0.6 is 11.3 Å². The highest BCUT2D eigenvalue weighted by atomic mass is 32.1. The number of alkyl halides is 2. The number of hydrogen-bond acceptors (Lipinski definition) is 3. The molecule has 5 heteroatoms. The van der Waals surface area contributed by atoms with E-state index in [0.717, 1.165) is 10.6 Å². The van der Waals surface area contributed by atoms with Crippen LogP contribution in [0.5, 0.6) is 0 Å². The Balaban J connectivity index is 2.29. The van der Waals surface area contributed by atoms with E-state index in [4.69, 9.17) is 0 Å². The monoisotopic (exact) mass is 192 g/mol. The number of thiazole rings is 1. The molecule has 0 fully saturated rings. The molecule has 0 aliphatic heterocycles. The predicted molar refractivity (Wildman–Crippen MR) is 44.6 cm³/mol. The van der Waals surface area contributed by atoms with Crippen LogP contribution < -0.4 is 5.32 Å². The van der Waals surface area contributed by atoms with E-state index in [2.05, 4.69) is 10.3 Å². The van der Waals surface area contributed by atoms with Crippen molar-refractivity contribution in [1.82, 2.24) is 10.3 Å². The first-order valence-electron chi connectivity index (χ1n) is 3.58. The van der Waals surface area contributed by atoms with Gasteiger partial charge in [-0.15, -0.1) is 11.3 Å². The molecule has 0 amide bonds. The second-order valence-corrected chi connectivity index (χ2v) is 3.32. The quantitative estimate of drug-likeness (QED) is 0.787. The van der Waals surface area contributed by atoms with Crippen LogP contribution in [-0.2, 0) is 6.54 Å². The summed E-state index contributed by atoms with van der Waals surface area (Å²) in [5, 5.41) is 2.65. The Bertz CT molecular complexity index is 237. The third-order valence-electron chi connectivity index (χ3n) is 1.43. The zero-order chi connectivity index (χ0) is 8.97. The minimum absolute atomic E-state index is 0.253. The molecule has 0 aromatic carbocycles. The van der Waals surface area contributed by atoms with Crippen LogP contribution in [-0.4, -0.2) is 18.0 Å². The van der Waals surface area contributed by atoms with Gasteiger partial charge in [-0.3, -0.25) is 0 Å². The zero-order valence-corrected chi connectivity index (χ0v) is 7.50. The van der Waals surface area contributed by atoms with E-state index in [-0.39, 0.29) is 6.54 Å². The fourth-order valence-corrected chi connectivity index (χ4v) is 1.54. The third-order valence-corrected chi connectivity index (χ3v) is 2.36. The highest BCUT2D eigenvalue weighted by Gasteiger charge is 2.03. The summed E-state index contributed by atoms with van der Waals surface area (Å²) < 4.78 is 23.4. The molecular formula is C7H10F2N2S. The number of nitrogens with one attached hydrogen (secondary N) is 1. The lowest BCUT2D eigenvalue weighted by Crippen LogP contribution is -2.20. The van der Waals surface area contributed by atoms with Crippen LogP contribution in [0.2, 0.25) is 0 Å². The van der Waals surface area contributed by atoms with E-state index in [1.807, 2.05) is 6.92 Å². The highest BCUT2D eigenvalue weighted by molar-refractivity contribution is 7.09. The van der Waals surface area contributed by atoms with Gasteiger partial charge in [-0.1, -0.05) is 0 Å². The van der Waals surface area contributed by atoms with Gasteiger partial charge in [0, 0.05) is 11.4 Å². The molecule has 1 aromatic heterocycles. The molecule has 0 unspecified atom stereocenters. The van der Waals surface area contributed by atoms with Gasteiger partial charge in [0.2, 0.25) is 0 Å². The first-order chi connectivity index (χ1) is 5.70. The number of aromatic nitrogens is 1. The van der Waals surface area contributed by atoms with E-state index in [1.165, 1.54) is 11.3 Å². The normalized spacial score (nSPS) is 11.0. The van der Waals surface area contributed by atoms with Gasteiger partial charge in [-0.25, -0.2) is 13.8 Å². The van der Waals surface area contributed by atoms with Crippen LogP contribution in [0.15, 0.2) is 5.51 Å². The molecule has 68 valence electrons. The van der Waals surface area contributed by atoms with Crippen molar-refractivity contribution in [1.29, 1.82) is 0 Å². The zero-order valence-electron chi connectivity index (χ0n) is 6.68. The molecule has 1 rings (SSSR count). The molecule has 0 spiro atoms. The van der Waals surface area contributed by atoms with E-state index in [9.17, 15) is 8.78 Å². The molecule has 0 atom stereocenters. The van der Waals surface area contributed by atoms with Gasteiger partial charge in [0.05, 0.1) is 17.7 Å². The molecule has 1 N–H and O–H groups in total. The lowest BCUT2D eigenvalue weighted by Gasteiger charge is -2.01. The Hall–Kier alpha value is -0.550. The SMILES string of the molecule is Cc1ncsc1CNCC(F)F. The van der Waals surface area contributed by atoms with Gasteiger partial charge >= 0.3 is 0 Å². The van der Waals surface area contributed by atoms with E-state index >= 15 is 0 Å². The third kappa shape index (κ3) is 2.83. The minimum Gasteiger partial charge on any atom is -0.306 e. The fourth-order valence-electron chi connectivity index (χ4n) is 0.791. The molecule has 0 aliphatic rings. The lowest BCUT2D eigenvalue weighted by atomic mass is 10.4. The lowest BCUT2D eigenvalue weighted by molar-refractivity contribution is 0.145. The molecular weight excluding hydrogens is 182 g/mol. The smallest absolute Gasteiger partial charge is 0.250 e. The van der Waals surface area contributed by atoms with Gasteiger partial charge in [0.1, 0.15) is 0 Å². The second-order valence-electron chi connectivity index (χ2n) is 2.38.